The molecule has 12 heteroatoms. The molecule has 0 aliphatic rings. The lowest BCUT2D eigenvalue weighted by Gasteiger charge is -2.21. The highest BCUT2D eigenvalue weighted by molar-refractivity contribution is 14.1. The molecule has 0 spiro atoms. The fraction of sp³-hybridized carbons (Fsp3) is 0.125. The van der Waals surface area contributed by atoms with Crippen LogP contribution < -0.4 is 19.8 Å². The van der Waals surface area contributed by atoms with Crippen molar-refractivity contribution in [3.8, 4) is 5.75 Å². The minimum Gasteiger partial charge on any atom is -0.484 e. The summed E-state index contributed by atoms with van der Waals surface area (Å²) in [6.07, 6.45) is 2.44. The highest BCUT2D eigenvalue weighted by atomic mass is 127. The van der Waals surface area contributed by atoms with Crippen LogP contribution in [0, 0.1) is 3.57 Å². The van der Waals surface area contributed by atoms with Gasteiger partial charge in [-0.1, -0.05) is 23.7 Å². The molecule has 188 valence electrons. The summed E-state index contributed by atoms with van der Waals surface area (Å²) in [5, 5.41) is 6.98. The first-order valence-electron chi connectivity index (χ1n) is 10.4. The van der Waals surface area contributed by atoms with Crippen molar-refractivity contribution < 1.29 is 22.7 Å². The number of anilines is 2. The summed E-state index contributed by atoms with van der Waals surface area (Å²) in [6, 6.07) is 20.3. The van der Waals surface area contributed by atoms with Crippen molar-refractivity contribution in [3.05, 3.63) is 87.0 Å². The Morgan fingerprint density at radius 2 is 1.69 bits per heavy atom. The molecule has 0 heterocycles. The third-order valence-corrected chi connectivity index (χ3v) is 6.79. The maximum atomic E-state index is 12.3. The van der Waals surface area contributed by atoms with E-state index in [0.29, 0.717) is 27.7 Å². The zero-order chi connectivity index (χ0) is 26.1. The molecule has 0 radical (unpaired) electrons. The van der Waals surface area contributed by atoms with Crippen molar-refractivity contribution in [1.29, 1.82) is 0 Å². The molecule has 0 atom stereocenters. The minimum absolute atomic E-state index is 0.202. The van der Waals surface area contributed by atoms with Gasteiger partial charge in [0.25, 0.3) is 11.8 Å². The number of rotatable bonds is 10. The van der Waals surface area contributed by atoms with E-state index in [-0.39, 0.29) is 12.5 Å². The van der Waals surface area contributed by atoms with Crippen LogP contribution in [0.1, 0.15) is 5.56 Å². The molecule has 36 heavy (non-hydrogen) atoms. The van der Waals surface area contributed by atoms with E-state index in [1.165, 1.54) is 6.21 Å². The Bertz CT molecular complexity index is 1350. The van der Waals surface area contributed by atoms with Crippen molar-refractivity contribution in [2.45, 2.75) is 0 Å². The highest BCUT2D eigenvalue weighted by Gasteiger charge is 2.20. The van der Waals surface area contributed by atoms with E-state index in [1.54, 1.807) is 72.8 Å². The third kappa shape index (κ3) is 8.50. The van der Waals surface area contributed by atoms with Crippen LogP contribution in [0.25, 0.3) is 0 Å². The quantitative estimate of drug-likeness (QED) is 0.198. The van der Waals surface area contributed by atoms with Crippen LogP contribution in [0.4, 0.5) is 11.4 Å². The summed E-state index contributed by atoms with van der Waals surface area (Å²) in [5.41, 5.74) is 3.86. The molecule has 0 saturated carbocycles. The largest absolute Gasteiger partial charge is 0.484 e. The Morgan fingerprint density at radius 3 is 2.33 bits per heavy atom. The van der Waals surface area contributed by atoms with Gasteiger partial charge in [-0.05, 0) is 88.8 Å². The lowest BCUT2D eigenvalue weighted by Crippen LogP contribution is -2.39. The van der Waals surface area contributed by atoms with E-state index in [9.17, 15) is 18.0 Å². The molecule has 0 aromatic heterocycles. The van der Waals surface area contributed by atoms with Gasteiger partial charge in [0.15, 0.2) is 6.61 Å². The number of carbonyl (C=O) groups excluding carboxylic acids is 2. The number of nitrogens with zero attached hydrogens (tertiary/aromatic N) is 2. The normalized spacial score (nSPS) is 11.2. The molecule has 0 bridgehead atoms. The molecule has 3 rings (SSSR count). The smallest absolute Gasteiger partial charge is 0.262 e. The van der Waals surface area contributed by atoms with Gasteiger partial charge < -0.3 is 10.1 Å². The number of carbonyl (C=O) groups is 2. The van der Waals surface area contributed by atoms with Gasteiger partial charge >= 0.3 is 0 Å². The monoisotopic (exact) mass is 640 g/mol. The number of para-hydroxylation sites is 1. The number of ether oxygens (including phenoxy) is 1. The SMILES string of the molecule is CS(=O)(=O)N(CC(=O)N/N=C\c1ccc(OCC(=O)Nc2ccccc2Cl)cc1)c1ccc(I)cc1. The fourth-order valence-electron chi connectivity index (χ4n) is 2.90. The van der Waals surface area contributed by atoms with Gasteiger partial charge in [-0.15, -0.1) is 0 Å². The van der Waals surface area contributed by atoms with Crippen molar-refractivity contribution in [2.75, 3.05) is 29.0 Å². The van der Waals surface area contributed by atoms with E-state index >= 15 is 0 Å². The van der Waals surface area contributed by atoms with Crippen LogP contribution in [0.15, 0.2) is 77.9 Å². The topological polar surface area (TPSA) is 117 Å². The molecule has 9 nitrogen and oxygen atoms in total. The summed E-state index contributed by atoms with van der Waals surface area (Å²) >= 11 is 8.13. The van der Waals surface area contributed by atoms with Gasteiger partial charge in [-0.3, -0.25) is 13.9 Å². The van der Waals surface area contributed by atoms with Crippen LogP contribution in [0.3, 0.4) is 0 Å². The lowest BCUT2D eigenvalue weighted by atomic mass is 10.2. The number of hydrogen-bond acceptors (Lipinski definition) is 6. The first kappa shape index (κ1) is 27.4. The Kier molecular flexibility index (Phi) is 9.67. The summed E-state index contributed by atoms with van der Waals surface area (Å²) in [7, 11) is -3.67. The molecule has 2 N–H and O–H groups in total. The van der Waals surface area contributed by atoms with Crippen molar-refractivity contribution in [3.63, 3.8) is 0 Å². The molecule has 0 aliphatic heterocycles. The van der Waals surface area contributed by atoms with Gasteiger partial charge in [-0.2, -0.15) is 5.10 Å². The number of amides is 2. The summed E-state index contributed by atoms with van der Waals surface area (Å²) in [5.74, 6) is -0.489. The van der Waals surface area contributed by atoms with Gasteiger partial charge in [0, 0.05) is 3.57 Å². The van der Waals surface area contributed by atoms with Crippen LogP contribution in [0.5, 0.6) is 5.75 Å². The van der Waals surface area contributed by atoms with Crippen molar-refractivity contribution in [2.24, 2.45) is 5.10 Å². The lowest BCUT2D eigenvalue weighted by molar-refractivity contribution is -0.119. The number of benzene rings is 3. The van der Waals surface area contributed by atoms with Crippen LogP contribution in [-0.2, 0) is 19.6 Å². The third-order valence-electron chi connectivity index (χ3n) is 4.60. The van der Waals surface area contributed by atoms with Gasteiger partial charge in [0.1, 0.15) is 12.3 Å². The number of hydrogen-bond donors (Lipinski definition) is 2. The van der Waals surface area contributed by atoms with Crippen LogP contribution in [0.2, 0.25) is 5.02 Å². The first-order chi connectivity index (χ1) is 17.1. The highest BCUT2D eigenvalue weighted by Crippen LogP contribution is 2.21. The molecule has 0 saturated heterocycles. The number of halogens is 2. The zero-order valence-corrected chi connectivity index (χ0v) is 22.7. The number of nitrogens with one attached hydrogen (secondary N) is 2. The predicted octanol–water partition coefficient (Wildman–Crippen LogP) is 3.88. The van der Waals surface area contributed by atoms with Gasteiger partial charge in [0.05, 0.1) is 28.9 Å². The molecule has 0 fully saturated rings. The van der Waals surface area contributed by atoms with E-state index in [4.69, 9.17) is 16.3 Å². The molecule has 3 aromatic carbocycles. The number of hydrazone groups is 1. The zero-order valence-electron chi connectivity index (χ0n) is 19.0. The first-order valence-corrected chi connectivity index (χ1v) is 13.7. The van der Waals surface area contributed by atoms with Gasteiger partial charge in [0.2, 0.25) is 10.0 Å². The average molecular weight is 641 g/mol. The second-order valence-electron chi connectivity index (χ2n) is 7.42. The van der Waals surface area contributed by atoms with E-state index < -0.39 is 22.5 Å². The fourth-order valence-corrected chi connectivity index (χ4v) is 4.30. The van der Waals surface area contributed by atoms with Crippen molar-refractivity contribution in [1.82, 2.24) is 5.43 Å². The summed E-state index contributed by atoms with van der Waals surface area (Å²) < 4.78 is 31.7. The maximum Gasteiger partial charge on any atom is 0.262 e. The molecule has 0 aliphatic carbocycles. The predicted molar refractivity (Wildman–Crippen MR) is 149 cm³/mol. The van der Waals surface area contributed by atoms with Crippen LogP contribution in [-0.4, -0.2) is 45.9 Å². The second kappa shape index (κ2) is 12.7. The van der Waals surface area contributed by atoms with Gasteiger partial charge in [-0.25, -0.2) is 13.8 Å². The second-order valence-corrected chi connectivity index (χ2v) is 11.0. The molecule has 0 unspecified atom stereocenters. The molecular formula is C24H22ClIN4O5S. The average Bonchev–Trinajstić information content (AvgIpc) is 2.83. The van der Waals surface area contributed by atoms with Crippen molar-refractivity contribution >= 4 is 73.6 Å². The molecule has 2 amide bonds. The Morgan fingerprint density at radius 1 is 1.03 bits per heavy atom. The maximum absolute atomic E-state index is 12.3. The Balaban J connectivity index is 1.49. The Hall–Kier alpha value is -3.16. The molecular weight excluding hydrogens is 619 g/mol. The Labute approximate surface area is 227 Å². The van der Waals surface area contributed by atoms with Crippen LogP contribution >= 0.6 is 34.2 Å². The standard InChI is InChI=1S/C24H22ClIN4O5S/c1-36(33,34)30(19-10-8-18(26)9-11-19)15-23(31)29-27-14-17-6-12-20(13-7-17)35-16-24(32)28-22-5-3-2-4-21(22)25/h2-14H,15-16H2,1H3,(H,28,32)(H,29,31)/b27-14-. The number of sulfonamides is 1. The van der Waals surface area contributed by atoms with E-state index in [1.807, 2.05) is 0 Å². The molecule has 3 aromatic rings. The van der Waals surface area contributed by atoms with E-state index in [2.05, 4.69) is 38.4 Å². The van der Waals surface area contributed by atoms with E-state index in [0.717, 1.165) is 14.1 Å². The minimum atomic E-state index is -3.67. The summed E-state index contributed by atoms with van der Waals surface area (Å²) in [6.45, 7) is -0.619. The summed E-state index contributed by atoms with van der Waals surface area (Å²) in [4.78, 5) is 24.3.